The van der Waals surface area contributed by atoms with E-state index in [2.05, 4.69) is 0 Å². The number of quaternary nitrogens is 1. The van der Waals surface area contributed by atoms with Crippen LogP contribution in [0.1, 0.15) is 12.8 Å². The lowest BCUT2D eigenvalue weighted by molar-refractivity contribution is -0.777. The first-order valence-corrected chi connectivity index (χ1v) is 10.7. The van der Waals surface area contributed by atoms with E-state index < -0.39 is 128 Å². The van der Waals surface area contributed by atoms with E-state index >= 15 is 26.3 Å². The predicted molar refractivity (Wildman–Crippen MR) is 103 cm³/mol. The fourth-order valence-corrected chi connectivity index (χ4v) is 5.31. The number of hydrogen-bond acceptors (Lipinski definition) is 0. The fourth-order valence-electron chi connectivity index (χ4n) is 5.31. The highest BCUT2D eigenvalue weighted by molar-refractivity contribution is 7.06. The molecule has 1 nitrogen and oxygen atoms in total. The van der Waals surface area contributed by atoms with Gasteiger partial charge in [0.05, 0.1) is 0 Å². The van der Waals surface area contributed by atoms with Gasteiger partial charge in [-0.05, 0) is 12.8 Å². The van der Waals surface area contributed by atoms with Gasteiger partial charge in [-0.1, -0.05) is 16.4 Å². The Morgan fingerprint density at radius 2 is 0.487 bits per heavy atom. The van der Waals surface area contributed by atoms with Crippen LogP contribution in [-0.2, 0) is 0 Å². The Morgan fingerprint density at radius 1 is 0.308 bits per heavy atom. The van der Waals surface area contributed by atoms with Crippen LogP contribution in [0.4, 0.5) is 65.9 Å². The molecule has 0 radical (unpaired) electrons. The Labute approximate surface area is 207 Å². The van der Waals surface area contributed by atoms with Crippen molar-refractivity contribution in [3.63, 3.8) is 0 Å². The summed E-state index contributed by atoms with van der Waals surface area (Å²) >= 11 is 0. The van der Waals surface area contributed by atoms with Gasteiger partial charge in [0.15, 0.2) is 52.4 Å². The molecule has 1 aliphatic heterocycles. The molecule has 0 atom stereocenters. The molecule has 0 aliphatic carbocycles. The zero-order valence-electron chi connectivity index (χ0n) is 18.6. The number of nitrogens with one attached hydrogen (secondary N) is 1. The summed E-state index contributed by atoms with van der Waals surface area (Å²) in [5, 5.41) is 0. The molecule has 0 spiro atoms. The molecule has 1 heterocycles. The third kappa shape index (κ3) is 3.72. The van der Waals surface area contributed by atoms with Crippen molar-refractivity contribution in [1.29, 1.82) is 0 Å². The van der Waals surface area contributed by atoms with E-state index in [0.717, 1.165) is 0 Å². The fraction of sp³-hybridized carbons (Fsp3) is 0.182. The van der Waals surface area contributed by atoms with Gasteiger partial charge in [0.25, 0.3) is 0 Å². The molecule has 0 unspecified atom stereocenters. The predicted octanol–water partition coefficient (Wildman–Crippen LogP) is 3.42. The van der Waals surface area contributed by atoms with Gasteiger partial charge in [0.1, 0.15) is 34.9 Å². The van der Waals surface area contributed by atoms with Crippen LogP contribution in [0.5, 0.6) is 0 Å². The molecule has 1 saturated heterocycles. The summed E-state index contributed by atoms with van der Waals surface area (Å²) in [7, 11) is 0. The van der Waals surface area contributed by atoms with Crippen LogP contribution in [0, 0.1) is 87.3 Å². The lowest BCUT2D eigenvalue weighted by Gasteiger charge is -2.47. The molecule has 39 heavy (non-hydrogen) atoms. The van der Waals surface area contributed by atoms with Crippen molar-refractivity contribution in [3.05, 3.63) is 87.3 Å². The summed E-state index contributed by atoms with van der Waals surface area (Å²) in [5.74, 6) is -44.6. The minimum atomic E-state index is -5.50. The maximum absolute atomic E-state index is 15.3. The Kier molecular flexibility index (Phi) is 7.11. The second-order valence-electron chi connectivity index (χ2n) is 8.68. The summed E-state index contributed by atoms with van der Waals surface area (Å²) < 4.78 is 219. The van der Waals surface area contributed by atoms with Crippen molar-refractivity contribution in [2.45, 2.75) is 12.8 Å². The maximum Gasteiger partial charge on any atom is 0.307 e. The van der Waals surface area contributed by atoms with E-state index in [4.69, 9.17) is 0 Å². The Balaban J connectivity index is 2.47. The Bertz CT molecular complexity index is 1280. The molecule has 3 aromatic carbocycles. The molecule has 0 aromatic heterocycles. The summed E-state index contributed by atoms with van der Waals surface area (Å²) in [6, 6.07) is 0. The Morgan fingerprint density at radius 3 is 0.692 bits per heavy atom. The second kappa shape index (κ2) is 9.68. The average molecular weight is 583 g/mol. The zero-order chi connectivity index (χ0) is 29.3. The molecule has 210 valence electrons. The molecule has 1 N–H and O–H groups in total. The van der Waals surface area contributed by atoms with Crippen molar-refractivity contribution >= 4 is 22.7 Å². The number of halogens is 15. The van der Waals surface area contributed by atoms with Crippen LogP contribution in [-0.4, -0.2) is 19.4 Å². The Hall–Kier alpha value is -3.37. The molecule has 0 bridgehead atoms. The van der Waals surface area contributed by atoms with Crippen molar-refractivity contribution in [1.82, 2.24) is 0 Å². The van der Waals surface area contributed by atoms with Crippen molar-refractivity contribution in [2.75, 3.05) is 13.1 Å². The number of benzene rings is 3. The topological polar surface area (TPSA) is 4.44 Å². The maximum atomic E-state index is 15.3. The third-order valence-electron chi connectivity index (χ3n) is 6.89. The molecule has 0 amide bonds. The highest BCUT2D eigenvalue weighted by Gasteiger charge is 2.56. The van der Waals surface area contributed by atoms with Gasteiger partial charge in [0.2, 0.25) is 0 Å². The van der Waals surface area contributed by atoms with Crippen molar-refractivity contribution in [2.24, 2.45) is 0 Å². The minimum Gasteiger partial charge on any atom is -0.514 e. The van der Waals surface area contributed by atoms with Crippen LogP contribution < -0.4 is 21.2 Å². The van der Waals surface area contributed by atoms with Gasteiger partial charge in [-0.2, -0.15) is 0 Å². The number of hydrogen-bond donors (Lipinski definition) is 1. The van der Waals surface area contributed by atoms with E-state index in [1.165, 1.54) is 0 Å². The standard InChI is InChI=1S/C22H9BF15N/c24-8-5(9(25)15(31)20(36)14(8)30)23(39-3-1-2-4-39,6-10(26)16(32)21(37)17(33)11(6)27)7-12(28)18(34)22(38)19(35)13(7)29/h39H,1-4H2. The molecular formula is C22H9BF15N. The molecule has 4 rings (SSSR count). The summed E-state index contributed by atoms with van der Waals surface area (Å²) in [6.45, 7) is -1.56. The van der Waals surface area contributed by atoms with Crippen LogP contribution in [0.25, 0.3) is 0 Å². The first-order chi connectivity index (χ1) is 18.1. The summed E-state index contributed by atoms with van der Waals surface area (Å²) in [6.07, 6.45) is -5.92. The first-order valence-electron chi connectivity index (χ1n) is 10.7. The van der Waals surface area contributed by atoms with Crippen LogP contribution >= 0.6 is 0 Å². The normalized spacial score (nSPS) is 14.5. The molecular weight excluding hydrogens is 574 g/mol. The summed E-state index contributed by atoms with van der Waals surface area (Å²) in [4.78, 5) is -1.01. The smallest absolute Gasteiger partial charge is 0.307 e. The van der Waals surface area contributed by atoms with Gasteiger partial charge >= 0.3 is 6.28 Å². The first kappa shape index (κ1) is 28.6. The monoisotopic (exact) mass is 583 g/mol. The van der Waals surface area contributed by atoms with E-state index in [1.54, 1.807) is 0 Å². The molecule has 1 aliphatic rings. The minimum absolute atomic E-state index is 0.209. The number of rotatable bonds is 4. The van der Waals surface area contributed by atoms with Crippen LogP contribution in [0.15, 0.2) is 0 Å². The lowest BCUT2D eigenvalue weighted by atomic mass is 9.22. The highest BCUT2D eigenvalue weighted by atomic mass is 19.2. The quantitative estimate of drug-likeness (QED) is 0.208. The second-order valence-corrected chi connectivity index (χ2v) is 8.68. The van der Waals surface area contributed by atoms with E-state index in [9.17, 15) is 39.5 Å². The third-order valence-corrected chi connectivity index (χ3v) is 6.89. The van der Waals surface area contributed by atoms with Gasteiger partial charge in [-0.25, -0.2) is 65.9 Å². The summed E-state index contributed by atoms with van der Waals surface area (Å²) in [5.41, 5.74) is -7.68. The lowest BCUT2D eigenvalue weighted by Crippen LogP contribution is -3.28. The zero-order valence-corrected chi connectivity index (χ0v) is 18.6. The molecule has 0 saturated carbocycles. The molecule has 1 fully saturated rings. The van der Waals surface area contributed by atoms with Crippen molar-refractivity contribution < 1.29 is 70.7 Å². The van der Waals surface area contributed by atoms with E-state index in [-0.39, 0.29) is 12.8 Å². The van der Waals surface area contributed by atoms with Gasteiger partial charge in [-0.15, -0.1) is 0 Å². The molecule has 3 aromatic rings. The van der Waals surface area contributed by atoms with Crippen molar-refractivity contribution in [3.8, 4) is 0 Å². The highest BCUT2D eigenvalue weighted by Crippen LogP contribution is 2.26. The average Bonchev–Trinajstić information content (AvgIpc) is 3.46. The molecule has 17 heteroatoms. The largest absolute Gasteiger partial charge is 0.514 e. The van der Waals surface area contributed by atoms with E-state index in [0.29, 0.717) is 0 Å². The van der Waals surface area contributed by atoms with Crippen LogP contribution in [0.3, 0.4) is 0 Å². The van der Waals surface area contributed by atoms with E-state index in [1.807, 2.05) is 0 Å². The van der Waals surface area contributed by atoms with Gasteiger partial charge < -0.3 is 4.81 Å². The van der Waals surface area contributed by atoms with Crippen LogP contribution in [0.2, 0.25) is 0 Å². The SMILES string of the molecule is Fc1c(F)c(F)c([B-](c2c(F)c(F)c(F)c(F)c2F)(c2c(F)c(F)c(F)c(F)c2F)[NH+]2CCCC2)c(F)c1F. The van der Waals surface area contributed by atoms with Gasteiger partial charge in [-0.3, -0.25) is 0 Å². The van der Waals surface area contributed by atoms with Gasteiger partial charge in [0, 0.05) is 13.1 Å².